The lowest BCUT2D eigenvalue weighted by molar-refractivity contribution is -0.130. The number of nitrogens with zero attached hydrogens (tertiary/aromatic N) is 1. The Morgan fingerprint density at radius 3 is 2.67 bits per heavy atom. The summed E-state index contributed by atoms with van der Waals surface area (Å²) >= 11 is 3.21. The summed E-state index contributed by atoms with van der Waals surface area (Å²) in [6, 6.07) is 6.55. The second kappa shape index (κ2) is 7.67. The quantitative estimate of drug-likeness (QED) is 0.764. The van der Waals surface area contributed by atoms with Crippen LogP contribution in [0.15, 0.2) is 22.7 Å². The molecule has 0 radical (unpaired) electrons. The standard InChI is InChI=1S/C17H19BrN2O4/c1-11(15(22)20-17(10-19)7-3-2-4-8-17)24-16(23)13-9-12(18)5-6-14(13)21/h5-6,9,11,21H,2-4,7-8H2,1H3,(H,20,22)/t11-/m1/s1. The molecule has 1 fully saturated rings. The molecule has 1 aliphatic carbocycles. The SMILES string of the molecule is C[C@@H](OC(=O)c1cc(Br)ccc1O)C(=O)NC1(C#N)CCCCC1. The third-order valence-corrected chi connectivity index (χ3v) is 4.61. The number of phenols is 1. The zero-order valence-electron chi connectivity index (χ0n) is 13.3. The van der Waals surface area contributed by atoms with E-state index >= 15 is 0 Å². The van der Waals surface area contributed by atoms with Crippen molar-refractivity contribution in [3.8, 4) is 11.8 Å². The Labute approximate surface area is 148 Å². The largest absolute Gasteiger partial charge is 0.507 e. The van der Waals surface area contributed by atoms with Gasteiger partial charge in [-0.1, -0.05) is 35.2 Å². The van der Waals surface area contributed by atoms with Crippen LogP contribution >= 0.6 is 15.9 Å². The van der Waals surface area contributed by atoms with E-state index in [1.807, 2.05) is 0 Å². The van der Waals surface area contributed by atoms with E-state index in [4.69, 9.17) is 4.74 Å². The van der Waals surface area contributed by atoms with Gasteiger partial charge in [-0.15, -0.1) is 0 Å². The van der Waals surface area contributed by atoms with Crippen molar-refractivity contribution in [1.29, 1.82) is 5.26 Å². The van der Waals surface area contributed by atoms with Crippen molar-refractivity contribution in [2.24, 2.45) is 0 Å². The maximum absolute atomic E-state index is 12.3. The predicted octanol–water partition coefficient (Wildman–Crippen LogP) is 3.04. The topological polar surface area (TPSA) is 99.4 Å². The second-order valence-corrected chi connectivity index (χ2v) is 6.87. The second-order valence-electron chi connectivity index (χ2n) is 5.95. The Morgan fingerprint density at radius 1 is 1.38 bits per heavy atom. The van der Waals surface area contributed by atoms with E-state index in [2.05, 4.69) is 27.3 Å². The molecule has 1 aliphatic rings. The lowest BCUT2D eigenvalue weighted by Gasteiger charge is -2.32. The van der Waals surface area contributed by atoms with Crippen molar-refractivity contribution in [1.82, 2.24) is 5.32 Å². The number of carbonyl (C=O) groups excluding carboxylic acids is 2. The number of esters is 1. The third-order valence-electron chi connectivity index (χ3n) is 4.12. The molecule has 0 heterocycles. The highest BCUT2D eigenvalue weighted by Gasteiger charge is 2.35. The number of rotatable bonds is 4. The first-order valence-electron chi connectivity index (χ1n) is 7.80. The predicted molar refractivity (Wildman–Crippen MR) is 90.3 cm³/mol. The normalized spacial score (nSPS) is 17.4. The Kier molecular flexibility index (Phi) is 5.84. The van der Waals surface area contributed by atoms with Gasteiger partial charge in [0.25, 0.3) is 5.91 Å². The molecule has 0 spiro atoms. The van der Waals surface area contributed by atoms with Crippen LogP contribution in [0.2, 0.25) is 0 Å². The summed E-state index contributed by atoms with van der Waals surface area (Å²) < 4.78 is 5.73. The van der Waals surface area contributed by atoms with Gasteiger partial charge >= 0.3 is 5.97 Å². The third kappa shape index (κ3) is 4.26. The van der Waals surface area contributed by atoms with Crippen LogP contribution in [0.25, 0.3) is 0 Å². The van der Waals surface area contributed by atoms with Crippen LogP contribution in [0.5, 0.6) is 5.75 Å². The molecule has 1 aromatic carbocycles. The van der Waals surface area contributed by atoms with E-state index in [9.17, 15) is 20.0 Å². The molecule has 128 valence electrons. The van der Waals surface area contributed by atoms with Gasteiger partial charge in [-0.3, -0.25) is 4.79 Å². The van der Waals surface area contributed by atoms with E-state index in [1.54, 1.807) is 6.07 Å². The highest BCUT2D eigenvalue weighted by molar-refractivity contribution is 9.10. The van der Waals surface area contributed by atoms with Gasteiger partial charge < -0.3 is 15.2 Å². The van der Waals surface area contributed by atoms with Crippen molar-refractivity contribution < 1.29 is 19.4 Å². The van der Waals surface area contributed by atoms with Crippen molar-refractivity contribution >= 4 is 27.8 Å². The maximum atomic E-state index is 12.3. The van der Waals surface area contributed by atoms with Gasteiger partial charge in [-0.05, 0) is 38.0 Å². The Hall–Kier alpha value is -2.07. The smallest absolute Gasteiger partial charge is 0.342 e. The Morgan fingerprint density at radius 2 is 2.04 bits per heavy atom. The highest BCUT2D eigenvalue weighted by atomic mass is 79.9. The molecule has 6 nitrogen and oxygen atoms in total. The highest BCUT2D eigenvalue weighted by Crippen LogP contribution is 2.28. The fourth-order valence-electron chi connectivity index (χ4n) is 2.71. The molecule has 1 saturated carbocycles. The van der Waals surface area contributed by atoms with E-state index < -0.39 is 23.5 Å². The first-order chi connectivity index (χ1) is 11.4. The van der Waals surface area contributed by atoms with Gasteiger partial charge in [-0.2, -0.15) is 5.26 Å². The zero-order valence-corrected chi connectivity index (χ0v) is 14.9. The van der Waals surface area contributed by atoms with Gasteiger partial charge in [0, 0.05) is 4.47 Å². The molecule has 24 heavy (non-hydrogen) atoms. The summed E-state index contributed by atoms with van der Waals surface area (Å²) in [7, 11) is 0. The monoisotopic (exact) mass is 394 g/mol. The summed E-state index contributed by atoms with van der Waals surface area (Å²) in [6.45, 7) is 1.44. The molecule has 0 bridgehead atoms. The number of aromatic hydroxyl groups is 1. The van der Waals surface area contributed by atoms with Crippen LogP contribution in [0, 0.1) is 11.3 Å². The Balaban J connectivity index is 2.02. The van der Waals surface area contributed by atoms with Crippen LogP contribution in [0.4, 0.5) is 0 Å². The zero-order chi connectivity index (χ0) is 17.7. The molecule has 0 unspecified atom stereocenters. The molecule has 1 amide bonds. The van der Waals surface area contributed by atoms with Crippen LogP contribution in [-0.4, -0.2) is 28.6 Å². The number of ether oxygens (including phenoxy) is 1. The number of hydrogen-bond acceptors (Lipinski definition) is 5. The van der Waals surface area contributed by atoms with Gasteiger partial charge in [-0.25, -0.2) is 4.79 Å². The molecular formula is C17H19BrN2O4. The number of phenolic OH excluding ortho intramolecular Hbond substituents is 1. The molecule has 2 N–H and O–H groups in total. The first-order valence-corrected chi connectivity index (χ1v) is 8.59. The van der Waals surface area contributed by atoms with Crippen molar-refractivity contribution in [2.75, 3.05) is 0 Å². The molecule has 2 rings (SSSR count). The minimum atomic E-state index is -1.07. The molecule has 7 heteroatoms. The van der Waals surface area contributed by atoms with Crippen molar-refractivity contribution in [2.45, 2.75) is 50.7 Å². The summed E-state index contributed by atoms with van der Waals surface area (Å²) in [5, 5.41) is 21.8. The molecule has 0 saturated heterocycles. The average Bonchev–Trinajstić information content (AvgIpc) is 2.57. The molecule has 0 aromatic heterocycles. The lowest BCUT2D eigenvalue weighted by atomic mass is 9.83. The summed E-state index contributed by atoms with van der Waals surface area (Å²) in [6.07, 6.45) is 2.95. The summed E-state index contributed by atoms with van der Waals surface area (Å²) in [5.41, 5.74) is -0.912. The van der Waals surface area contributed by atoms with E-state index in [0.717, 1.165) is 19.3 Å². The van der Waals surface area contributed by atoms with E-state index in [-0.39, 0.29) is 11.3 Å². The van der Waals surface area contributed by atoms with Crippen LogP contribution in [0.1, 0.15) is 49.4 Å². The lowest BCUT2D eigenvalue weighted by Crippen LogP contribution is -2.52. The molecular weight excluding hydrogens is 376 g/mol. The van der Waals surface area contributed by atoms with E-state index in [1.165, 1.54) is 19.1 Å². The minimum absolute atomic E-state index is 0.0308. The number of benzene rings is 1. The number of amides is 1. The average molecular weight is 395 g/mol. The van der Waals surface area contributed by atoms with Gasteiger partial charge in [0.15, 0.2) is 6.10 Å². The first kappa shape index (κ1) is 18.3. The van der Waals surface area contributed by atoms with E-state index in [0.29, 0.717) is 17.3 Å². The van der Waals surface area contributed by atoms with Gasteiger partial charge in [0.05, 0.1) is 6.07 Å². The van der Waals surface area contributed by atoms with Gasteiger partial charge in [0.1, 0.15) is 16.9 Å². The van der Waals surface area contributed by atoms with Crippen LogP contribution in [-0.2, 0) is 9.53 Å². The molecule has 1 atom stereocenters. The fourth-order valence-corrected chi connectivity index (χ4v) is 3.07. The number of hydrogen-bond donors (Lipinski definition) is 2. The Bertz CT molecular complexity index is 678. The number of carbonyl (C=O) groups is 2. The number of nitriles is 1. The summed E-state index contributed by atoms with van der Waals surface area (Å²) in [5.74, 6) is -1.54. The van der Waals surface area contributed by atoms with Gasteiger partial charge in [0.2, 0.25) is 0 Å². The maximum Gasteiger partial charge on any atom is 0.342 e. The summed E-state index contributed by atoms with van der Waals surface area (Å²) in [4.78, 5) is 24.4. The minimum Gasteiger partial charge on any atom is -0.507 e. The molecule has 1 aromatic rings. The molecule has 0 aliphatic heterocycles. The van der Waals surface area contributed by atoms with Crippen molar-refractivity contribution in [3.05, 3.63) is 28.2 Å². The van der Waals surface area contributed by atoms with Crippen LogP contribution < -0.4 is 5.32 Å². The number of halogens is 1. The van der Waals surface area contributed by atoms with Crippen molar-refractivity contribution in [3.63, 3.8) is 0 Å². The fraction of sp³-hybridized carbons (Fsp3) is 0.471. The van der Waals surface area contributed by atoms with Crippen LogP contribution in [0.3, 0.4) is 0 Å². The number of nitrogens with one attached hydrogen (secondary N) is 1.